The molecule has 1 saturated carbocycles. The number of aliphatic hydroxyl groups excluding tert-OH is 1. The van der Waals surface area contributed by atoms with Crippen molar-refractivity contribution in [1.29, 1.82) is 0 Å². The van der Waals surface area contributed by atoms with Gasteiger partial charge in [0.15, 0.2) is 15.7 Å². The van der Waals surface area contributed by atoms with Crippen molar-refractivity contribution < 1.29 is 13.5 Å². The Morgan fingerprint density at radius 2 is 2.05 bits per heavy atom. The molecule has 3 rings (SSSR count). The molecule has 0 unspecified atom stereocenters. The zero-order chi connectivity index (χ0) is 14.4. The number of aromatic nitrogens is 2. The van der Waals surface area contributed by atoms with E-state index < -0.39 is 15.4 Å². The molecule has 0 spiro atoms. The maximum absolute atomic E-state index is 12.3. The van der Waals surface area contributed by atoms with Crippen LogP contribution >= 0.6 is 11.6 Å². The Morgan fingerprint density at radius 1 is 1.30 bits per heavy atom. The lowest BCUT2D eigenvalue weighted by atomic mass is 9.77. The van der Waals surface area contributed by atoms with E-state index in [0.717, 1.165) is 19.3 Å². The Hall–Kier alpha value is -0.920. The highest BCUT2D eigenvalue weighted by atomic mass is 35.5. The van der Waals surface area contributed by atoms with Crippen LogP contribution in [0.15, 0.2) is 4.90 Å². The molecule has 6 nitrogen and oxygen atoms in total. The first kappa shape index (κ1) is 14.0. The van der Waals surface area contributed by atoms with Crippen LogP contribution in [0.25, 0.3) is 0 Å². The van der Waals surface area contributed by atoms with Gasteiger partial charge in [0.05, 0.1) is 23.6 Å². The van der Waals surface area contributed by atoms with Crippen molar-refractivity contribution in [3.8, 4) is 0 Å². The van der Waals surface area contributed by atoms with Gasteiger partial charge < -0.3 is 10.4 Å². The SMILES string of the molecule is O=S1(=O)CCCc2nc(Cl)nc(NC3(CO)CCC3)c21. The average molecular weight is 318 g/mol. The first-order valence-electron chi connectivity index (χ1n) is 6.64. The first-order chi connectivity index (χ1) is 9.46. The molecule has 2 N–H and O–H groups in total. The van der Waals surface area contributed by atoms with E-state index in [2.05, 4.69) is 15.3 Å². The molecule has 20 heavy (non-hydrogen) atoms. The second-order valence-electron chi connectivity index (χ2n) is 5.46. The summed E-state index contributed by atoms with van der Waals surface area (Å²) in [5, 5.41) is 12.7. The Bertz CT molecular complexity index is 638. The number of nitrogens with one attached hydrogen (secondary N) is 1. The number of aryl methyl sites for hydroxylation is 1. The van der Waals surface area contributed by atoms with Crippen molar-refractivity contribution in [2.75, 3.05) is 17.7 Å². The minimum Gasteiger partial charge on any atom is -0.394 e. The lowest BCUT2D eigenvalue weighted by Crippen LogP contribution is -2.49. The van der Waals surface area contributed by atoms with Gasteiger partial charge in [-0.25, -0.2) is 13.4 Å². The third kappa shape index (κ3) is 2.27. The van der Waals surface area contributed by atoms with Gasteiger partial charge in [-0.3, -0.25) is 0 Å². The van der Waals surface area contributed by atoms with Crippen molar-refractivity contribution in [3.63, 3.8) is 0 Å². The molecule has 1 aliphatic heterocycles. The van der Waals surface area contributed by atoms with Gasteiger partial charge in [0.25, 0.3) is 0 Å². The van der Waals surface area contributed by atoms with Crippen LogP contribution in [0.3, 0.4) is 0 Å². The van der Waals surface area contributed by atoms with Crippen molar-refractivity contribution in [2.45, 2.75) is 42.5 Å². The highest BCUT2D eigenvalue weighted by molar-refractivity contribution is 7.91. The largest absolute Gasteiger partial charge is 0.394 e. The van der Waals surface area contributed by atoms with Gasteiger partial charge in [0.2, 0.25) is 5.28 Å². The van der Waals surface area contributed by atoms with E-state index >= 15 is 0 Å². The molecule has 1 aromatic rings. The zero-order valence-corrected chi connectivity index (χ0v) is 12.5. The molecule has 1 fully saturated rings. The fraction of sp³-hybridized carbons (Fsp3) is 0.667. The maximum atomic E-state index is 12.3. The Labute approximate surface area is 122 Å². The number of anilines is 1. The number of halogens is 1. The molecule has 0 atom stereocenters. The standard InChI is InChI=1S/C12H16ClN3O3S/c13-11-14-8-3-1-6-20(18,19)9(8)10(15-11)16-12(7-17)4-2-5-12/h17H,1-7H2,(H,14,15,16). The van der Waals surface area contributed by atoms with Crippen molar-refractivity contribution in [3.05, 3.63) is 11.0 Å². The minimum absolute atomic E-state index is 0.0377. The Balaban J connectivity index is 2.08. The number of nitrogens with zero attached hydrogens (tertiary/aromatic N) is 2. The van der Waals surface area contributed by atoms with Crippen molar-refractivity contribution >= 4 is 27.3 Å². The Morgan fingerprint density at radius 3 is 2.65 bits per heavy atom. The summed E-state index contributed by atoms with van der Waals surface area (Å²) in [4.78, 5) is 8.25. The van der Waals surface area contributed by atoms with Gasteiger partial charge >= 0.3 is 0 Å². The summed E-state index contributed by atoms with van der Waals surface area (Å²) in [6, 6.07) is 0. The van der Waals surface area contributed by atoms with E-state index in [4.69, 9.17) is 11.6 Å². The molecule has 2 heterocycles. The second-order valence-corrected chi connectivity index (χ2v) is 7.84. The van der Waals surface area contributed by atoms with Crippen molar-refractivity contribution in [1.82, 2.24) is 9.97 Å². The van der Waals surface area contributed by atoms with Gasteiger partial charge in [-0.1, -0.05) is 0 Å². The molecule has 0 radical (unpaired) electrons. The molecular formula is C12H16ClN3O3S. The summed E-state index contributed by atoms with van der Waals surface area (Å²) in [6.45, 7) is -0.0521. The molecule has 110 valence electrons. The highest BCUT2D eigenvalue weighted by Gasteiger charge is 2.39. The summed E-state index contributed by atoms with van der Waals surface area (Å²) in [6.07, 6.45) is 3.71. The average Bonchev–Trinajstić information content (AvgIpc) is 2.32. The lowest BCUT2D eigenvalue weighted by molar-refractivity contribution is 0.143. The summed E-state index contributed by atoms with van der Waals surface area (Å²) in [5.41, 5.74) is 0.00414. The van der Waals surface area contributed by atoms with E-state index in [9.17, 15) is 13.5 Å². The van der Waals surface area contributed by atoms with Gasteiger partial charge in [-0.15, -0.1) is 0 Å². The van der Waals surface area contributed by atoms with Crippen LogP contribution in [0.4, 0.5) is 5.82 Å². The van der Waals surface area contributed by atoms with E-state index in [-0.39, 0.29) is 28.4 Å². The monoisotopic (exact) mass is 317 g/mol. The smallest absolute Gasteiger partial charge is 0.224 e. The number of aliphatic hydroxyl groups is 1. The molecule has 0 saturated heterocycles. The highest BCUT2D eigenvalue weighted by Crippen LogP contribution is 2.38. The number of rotatable bonds is 3. The van der Waals surface area contributed by atoms with Crippen molar-refractivity contribution in [2.24, 2.45) is 0 Å². The first-order valence-corrected chi connectivity index (χ1v) is 8.67. The molecule has 0 bridgehead atoms. The molecule has 0 aromatic carbocycles. The zero-order valence-electron chi connectivity index (χ0n) is 10.9. The predicted molar refractivity (Wildman–Crippen MR) is 74.7 cm³/mol. The lowest BCUT2D eigenvalue weighted by Gasteiger charge is -2.41. The van der Waals surface area contributed by atoms with E-state index in [1.54, 1.807) is 0 Å². The third-order valence-electron chi connectivity index (χ3n) is 4.04. The summed E-state index contributed by atoms with van der Waals surface area (Å²) in [7, 11) is -3.38. The fourth-order valence-electron chi connectivity index (χ4n) is 2.76. The topological polar surface area (TPSA) is 92.2 Å². The van der Waals surface area contributed by atoms with Crippen LogP contribution in [-0.4, -0.2) is 41.4 Å². The van der Waals surface area contributed by atoms with Crippen LogP contribution < -0.4 is 5.32 Å². The minimum atomic E-state index is -3.38. The van der Waals surface area contributed by atoms with E-state index in [1.807, 2.05) is 0 Å². The summed E-state index contributed by atoms with van der Waals surface area (Å²) < 4.78 is 24.5. The van der Waals surface area contributed by atoms with Crippen LogP contribution in [0, 0.1) is 0 Å². The third-order valence-corrected chi connectivity index (χ3v) is 6.09. The predicted octanol–water partition coefficient (Wildman–Crippen LogP) is 1.18. The van der Waals surface area contributed by atoms with Crippen LogP contribution in [0.1, 0.15) is 31.4 Å². The normalized spacial score (nSPS) is 22.7. The number of sulfone groups is 1. The molecular weight excluding hydrogens is 302 g/mol. The fourth-order valence-corrected chi connectivity index (χ4v) is 4.57. The van der Waals surface area contributed by atoms with E-state index in [0.29, 0.717) is 18.5 Å². The molecule has 2 aliphatic rings. The molecule has 8 heteroatoms. The second kappa shape index (κ2) is 4.82. The number of fused-ring (bicyclic) bond motifs is 1. The van der Waals surface area contributed by atoms with Crippen LogP contribution in [0.2, 0.25) is 5.28 Å². The molecule has 0 amide bonds. The van der Waals surface area contributed by atoms with Crippen LogP contribution in [0.5, 0.6) is 0 Å². The molecule has 1 aromatic heterocycles. The van der Waals surface area contributed by atoms with Gasteiger partial charge in [-0.2, -0.15) is 4.98 Å². The molecule has 1 aliphatic carbocycles. The van der Waals surface area contributed by atoms with Crippen LogP contribution in [-0.2, 0) is 16.3 Å². The van der Waals surface area contributed by atoms with Gasteiger partial charge in [0.1, 0.15) is 4.90 Å². The van der Waals surface area contributed by atoms with Gasteiger partial charge in [-0.05, 0) is 43.7 Å². The number of hydrogen-bond donors (Lipinski definition) is 2. The quantitative estimate of drug-likeness (QED) is 0.813. The summed E-state index contributed by atoms with van der Waals surface area (Å²) in [5.74, 6) is 0.347. The van der Waals surface area contributed by atoms with E-state index in [1.165, 1.54) is 0 Å². The number of hydrogen-bond acceptors (Lipinski definition) is 6. The summed E-state index contributed by atoms with van der Waals surface area (Å²) >= 11 is 5.89. The Kier molecular flexibility index (Phi) is 3.38. The maximum Gasteiger partial charge on any atom is 0.224 e. The van der Waals surface area contributed by atoms with Gasteiger partial charge in [0, 0.05) is 0 Å².